The molecule has 4 nitrogen and oxygen atoms in total. The highest BCUT2D eigenvalue weighted by Gasteiger charge is 2.17. The molecule has 0 atom stereocenters. The summed E-state index contributed by atoms with van der Waals surface area (Å²) in [6.45, 7) is 6.17. The number of rotatable bonds is 8. The van der Waals surface area contributed by atoms with Crippen LogP contribution in [0.3, 0.4) is 0 Å². The van der Waals surface area contributed by atoms with Crippen LogP contribution in [0.1, 0.15) is 43.9 Å². The smallest absolute Gasteiger partial charge is 0.330 e. The van der Waals surface area contributed by atoms with Gasteiger partial charge in [0.15, 0.2) is 0 Å². The molecule has 1 aromatic carbocycles. The van der Waals surface area contributed by atoms with E-state index in [4.69, 9.17) is 9.47 Å². The van der Waals surface area contributed by atoms with E-state index in [9.17, 15) is 9.59 Å². The Kier molecular flexibility index (Phi) is 10.9. The number of allylic oxidation sites excluding steroid dienone is 1. The van der Waals surface area contributed by atoms with Crippen LogP contribution in [0.4, 0.5) is 0 Å². The number of benzene rings is 1. The first-order valence-electron chi connectivity index (χ1n) is 8.43. The van der Waals surface area contributed by atoms with Crippen molar-refractivity contribution in [2.24, 2.45) is 0 Å². The first kappa shape index (κ1) is 23.9. The second-order valence-electron chi connectivity index (χ2n) is 5.16. The second-order valence-corrected chi connectivity index (χ2v) is 7.54. The van der Waals surface area contributed by atoms with E-state index in [1.165, 1.54) is 12.2 Å². The van der Waals surface area contributed by atoms with Crippen molar-refractivity contribution in [1.29, 1.82) is 0 Å². The molecule has 27 heavy (non-hydrogen) atoms. The molecule has 0 N–H and O–H groups in total. The van der Waals surface area contributed by atoms with Gasteiger partial charge in [0.05, 0.1) is 13.2 Å². The molecule has 7 heteroatoms. The molecule has 1 aromatic rings. The Balaban J connectivity index is 3.53. The number of ether oxygens (including phenoxy) is 2. The summed E-state index contributed by atoms with van der Waals surface area (Å²) in [5.74, 6) is -0.845. The maximum Gasteiger partial charge on any atom is 0.330 e. The zero-order valence-electron chi connectivity index (χ0n) is 15.4. The molecular formula is C20H21Br3O4. The Labute approximate surface area is 185 Å². The predicted octanol–water partition coefficient (Wildman–Crippen LogP) is 6.55. The Morgan fingerprint density at radius 3 is 1.44 bits per heavy atom. The molecule has 0 saturated heterocycles. The number of carbonyl (C=O) groups is 2. The van der Waals surface area contributed by atoms with Crippen molar-refractivity contribution < 1.29 is 19.1 Å². The average molecular weight is 565 g/mol. The molecule has 0 amide bonds. The van der Waals surface area contributed by atoms with Gasteiger partial charge in [-0.05, 0) is 80.2 Å². The summed E-state index contributed by atoms with van der Waals surface area (Å²) < 4.78 is 12.2. The Bertz CT molecular complexity index is 725. The fraction of sp³-hybridized carbons (Fsp3) is 0.300. The molecule has 0 bridgehead atoms. The lowest BCUT2D eigenvalue weighted by atomic mass is 10.0. The van der Waals surface area contributed by atoms with Crippen molar-refractivity contribution in [3.05, 3.63) is 48.3 Å². The molecule has 1 rings (SSSR count). The van der Waals surface area contributed by atoms with Crippen LogP contribution in [0.25, 0.3) is 18.2 Å². The van der Waals surface area contributed by atoms with Gasteiger partial charge in [-0.3, -0.25) is 0 Å². The quantitative estimate of drug-likeness (QED) is 0.265. The Morgan fingerprint density at radius 1 is 0.741 bits per heavy atom. The van der Waals surface area contributed by atoms with Crippen LogP contribution >= 0.6 is 47.8 Å². The summed E-state index contributed by atoms with van der Waals surface area (Å²) in [7, 11) is 0. The topological polar surface area (TPSA) is 52.6 Å². The number of esters is 2. The number of carbonyl (C=O) groups excluding carboxylic acids is 2. The van der Waals surface area contributed by atoms with Gasteiger partial charge in [-0.1, -0.05) is 19.1 Å². The van der Waals surface area contributed by atoms with Gasteiger partial charge in [-0.15, -0.1) is 0 Å². The zero-order valence-corrected chi connectivity index (χ0v) is 20.1. The third kappa shape index (κ3) is 7.05. The maximum atomic E-state index is 11.7. The highest BCUT2D eigenvalue weighted by atomic mass is 79.9. The van der Waals surface area contributed by atoms with Gasteiger partial charge in [0, 0.05) is 42.3 Å². The number of hydrogen-bond acceptors (Lipinski definition) is 4. The van der Waals surface area contributed by atoms with Gasteiger partial charge < -0.3 is 9.47 Å². The van der Waals surface area contributed by atoms with Crippen LogP contribution < -0.4 is 0 Å². The summed E-state index contributed by atoms with van der Waals surface area (Å²) in [6, 6.07) is 0. The normalized spacial score (nSPS) is 11.6. The largest absolute Gasteiger partial charge is 0.463 e. The van der Waals surface area contributed by atoms with E-state index in [1.807, 2.05) is 19.1 Å². The van der Waals surface area contributed by atoms with Crippen molar-refractivity contribution in [3.63, 3.8) is 0 Å². The molecule has 0 aliphatic carbocycles. The molecular weight excluding hydrogens is 544 g/mol. The van der Waals surface area contributed by atoms with Crippen LogP contribution in [0.2, 0.25) is 0 Å². The first-order chi connectivity index (χ1) is 12.9. The van der Waals surface area contributed by atoms with Gasteiger partial charge >= 0.3 is 11.9 Å². The molecule has 146 valence electrons. The van der Waals surface area contributed by atoms with Crippen LogP contribution in [-0.4, -0.2) is 25.2 Å². The van der Waals surface area contributed by atoms with Crippen LogP contribution in [0.5, 0.6) is 0 Å². The Hall–Kier alpha value is -1.18. The monoisotopic (exact) mass is 562 g/mol. The molecule has 0 aliphatic heterocycles. The molecule has 0 aromatic heterocycles. The minimum atomic E-state index is -0.423. The predicted molar refractivity (Wildman–Crippen MR) is 120 cm³/mol. The van der Waals surface area contributed by atoms with Crippen LogP contribution in [0.15, 0.2) is 31.6 Å². The van der Waals surface area contributed by atoms with Gasteiger partial charge in [0.1, 0.15) is 0 Å². The van der Waals surface area contributed by atoms with Gasteiger partial charge in [0.2, 0.25) is 0 Å². The third-order valence-electron chi connectivity index (χ3n) is 3.28. The lowest BCUT2D eigenvalue weighted by Crippen LogP contribution is -2.00. The summed E-state index contributed by atoms with van der Waals surface area (Å²) in [5, 5.41) is 0. The van der Waals surface area contributed by atoms with E-state index in [1.54, 1.807) is 26.0 Å². The second kappa shape index (κ2) is 12.3. The van der Waals surface area contributed by atoms with Crippen molar-refractivity contribution in [2.45, 2.75) is 27.2 Å². The molecule has 0 radical (unpaired) electrons. The minimum Gasteiger partial charge on any atom is -0.463 e. The lowest BCUT2D eigenvalue weighted by molar-refractivity contribution is -0.138. The van der Waals surface area contributed by atoms with E-state index < -0.39 is 11.9 Å². The van der Waals surface area contributed by atoms with Crippen LogP contribution in [0, 0.1) is 0 Å². The number of hydrogen-bond donors (Lipinski definition) is 0. The summed E-state index contributed by atoms with van der Waals surface area (Å²) in [4.78, 5) is 23.4. The molecule has 0 heterocycles. The molecule has 0 unspecified atom stereocenters. The van der Waals surface area contributed by atoms with Gasteiger partial charge in [-0.2, -0.15) is 0 Å². The van der Waals surface area contributed by atoms with Gasteiger partial charge in [0.25, 0.3) is 0 Å². The SMILES string of the molecule is CC/C=C/c1c(Br)c(/C=C/C(=O)OCC)c(Br)c(/C=C/C(=O)OCC)c1Br. The van der Waals surface area contributed by atoms with E-state index in [-0.39, 0.29) is 0 Å². The standard InChI is InChI=1S/C20H21Br3O4/c1-4-7-8-13-18(21)14(9-11-16(24)26-5-2)20(23)15(19(13)22)10-12-17(25)27-6-3/h7-12H,4-6H2,1-3H3/b8-7+,11-9+,12-10+. The van der Waals surface area contributed by atoms with E-state index >= 15 is 0 Å². The molecule has 0 spiro atoms. The lowest BCUT2D eigenvalue weighted by Gasteiger charge is -2.14. The molecule has 0 fully saturated rings. The summed E-state index contributed by atoms with van der Waals surface area (Å²) in [5.41, 5.74) is 2.41. The maximum absolute atomic E-state index is 11.7. The van der Waals surface area contributed by atoms with Crippen molar-refractivity contribution >= 4 is 78.0 Å². The highest BCUT2D eigenvalue weighted by Crippen LogP contribution is 2.41. The fourth-order valence-electron chi connectivity index (χ4n) is 2.08. The third-order valence-corrected chi connectivity index (χ3v) is 5.85. The van der Waals surface area contributed by atoms with Crippen LogP contribution in [-0.2, 0) is 19.1 Å². The fourth-order valence-corrected chi connectivity index (χ4v) is 4.86. The average Bonchev–Trinajstić information content (AvgIpc) is 2.62. The summed E-state index contributed by atoms with van der Waals surface area (Å²) >= 11 is 10.8. The zero-order chi connectivity index (χ0) is 20.4. The first-order valence-corrected chi connectivity index (χ1v) is 10.8. The van der Waals surface area contributed by atoms with Crippen molar-refractivity contribution in [1.82, 2.24) is 0 Å². The molecule has 0 saturated carbocycles. The van der Waals surface area contributed by atoms with E-state index in [0.717, 1.165) is 36.5 Å². The Morgan fingerprint density at radius 2 is 1.11 bits per heavy atom. The van der Waals surface area contributed by atoms with E-state index in [0.29, 0.717) is 13.2 Å². The highest BCUT2D eigenvalue weighted by molar-refractivity contribution is 9.11. The summed E-state index contributed by atoms with van der Waals surface area (Å²) in [6.07, 6.45) is 11.0. The van der Waals surface area contributed by atoms with Crippen molar-refractivity contribution in [3.8, 4) is 0 Å². The number of halogens is 3. The van der Waals surface area contributed by atoms with Gasteiger partial charge in [-0.25, -0.2) is 9.59 Å². The molecule has 0 aliphatic rings. The van der Waals surface area contributed by atoms with E-state index in [2.05, 4.69) is 47.8 Å². The minimum absolute atomic E-state index is 0.309. The van der Waals surface area contributed by atoms with Crippen molar-refractivity contribution in [2.75, 3.05) is 13.2 Å².